The van der Waals surface area contributed by atoms with Crippen molar-refractivity contribution in [1.29, 1.82) is 0 Å². The highest BCUT2D eigenvalue weighted by atomic mass is 35.5. The van der Waals surface area contributed by atoms with E-state index in [0.717, 1.165) is 19.1 Å². The van der Waals surface area contributed by atoms with Crippen LogP contribution in [0.25, 0.3) is 0 Å². The van der Waals surface area contributed by atoms with Gasteiger partial charge in [-0.05, 0) is 18.9 Å². The molecule has 0 saturated carbocycles. The van der Waals surface area contributed by atoms with E-state index < -0.39 is 0 Å². The maximum absolute atomic E-state index is 4.99. The summed E-state index contributed by atoms with van der Waals surface area (Å²) in [5.74, 6) is 0.778. The van der Waals surface area contributed by atoms with Crippen molar-refractivity contribution < 1.29 is 4.74 Å². The zero-order valence-electron chi connectivity index (χ0n) is 5.72. The molecule has 0 aromatic rings. The smallest absolute Gasteiger partial charge is 0.0503 e. The van der Waals surface area contributed by atoms with Gasteiger partial charge in [-0.2, -0.15) is 0 Å². The molecule has 9 heavy (non-hydrogen) atoms. The second-order valence-electron chi connectivity index (χ2n) is 2.31. The van der Waals surface area contributed by atoms with Crippen LogP contribution in [0.5, 0.6) is 0 Å². The second kappa shape index (κ2) is 5.03. The molecule has 1 aliphatic rings. The molecule has 1 atom stereocenters. The maximum atomic E-state index is 4.99. The number of hydrogen-bond donors (Lipinski definition) is 1. The van der Waals surface area contributed by atoms with Crippen LogP contribution in [0.1, 0.15) is 6.42 Å². The Morgan fingerprint density at radius 3 is 2.89 bits per heavy atom. The Balaban J connectivity index is 0.000000640. The molecular weight excluding hydrogens is 138 g/mol. The predicted octanol–water partition coefficient (Wildman–Crippen LogP) is 0.664. The summed E-state index contributed by atoms with van der Waals surface area (Å²) in [4.78, 5) is 0. The summed E-state index contributed by atoms with van der Waals surface area (Å²) in [5, 5.41) is 3.28. The van der Waals surface area contributed by atoms with Gasteiger partial charge < -0.3 is 10.1 Å². The Bertz CT molecular complexity index is 64.1. The number of rotatable bonds is 2. The molecule has 0 bridgehead atoms. The lowest BCUT2D eigenvalue weighted by Crippen LogP contribution is -2.12. The van der Waals surface area contributed by atoms with Crippen molar-refractivity contribution in [3.8, 4) is 0 Å². The Morgan fingerprint density at radius 1 is 1.67 bits per heavy atom. The van der Waals surface area contributed by atoms with Crippen molar-refractivity contribution in [2.75, 3.05) is 26.8 Å². The summed E-state index contributed by atoms with van der Waals surface area (Å²) >= 11 is 0. The largest absolute Gasteiger partial charge is 0.384 e. The number of nitrogens with one attached hydrogen (secondary N) is 1. The summed E-state index contributed by atoms with van der Waals surface area (Å²) in [6.07, 6.45) is 1.29. The van der Waals surface area contributed by atoms with E-state index in [2.05, 4.69) is 5.32 Å². The van der Waals surface area contributed by atoms with Gasteiger partial charge in [0.2, 0.25) is 0 Å². The van der Waals surface area contributed by atoms with E-state index in [1.54, 1.807) is 7.11 Å². The minimum Gasteiger partial charge on any atom is -0.384 e. The fourth-order valence-corrected chi connectivity index (χ4v) is 1.09. The van der Waals surface area contributed by atoms with Gasteiger partial charge in [0, 0.05) is 13.7 Å². The zero-order chi connectivity index (χ0) is 5.82. The highest BCUT2D eigenvalue weighted by Crippen LogP contribution is 2.05. The Labute approximate surface area is 62.4 Å². The van der Waals surface area contributed by atoms with Gasteiger partial charge in [-0.1, -0.05) is 0 Å². The zero-order valence-corrected chi connectivity index (χ0v) is 6.54. The van der Waals surface area contributed by atoms with E-state index in [1.807, 2.05) is 0 Å². The van der Waals surface area contributed by atoms with Gasteiger partial charge in [0.15, 0.2) is 0 Å². The Hall–Kier alpha value is 0.210. The molecule has 1 heterocycles. The van der Waals surface area contributed by atoms with Gasteiger partial charge in [-0.15, -0.1) is 12.4 Å². The first-order valence-electron chi connectivity index (χ1n) is 3.13. The van der Waals surface area contributed by atoms with E-state index in [9.17, 15) is 0 Å². The summed E-state index contributed by atoms with van der Waals surface area (Å²) in [6.45, 7) is 3.24. The van der Waals surface area contributed by atoms with Crippen LogP contribution >= 0.6 is 12.4 Å². The molecular formula is C6H14ClNO. The summed E-state index contributed by atoms with van der Waals surface area (Å²) in [5.41, 5.74) is 0. The molecule has 1 N–H and O–H groups in total. The third-order valence-electron chi connectivity index (χ3n) is 1.56. The molecule has 0 amide bonds. The molecule has 0 spiro atoms. The summed E-state index contributed by atoms with van der Waals surface area (Å²) in [6, 6.07) is 0. The molecule has 0 aliphatic carbocycles. The molecule has 1 saturated heterocycles. The number of methoxy groups -OCH3 is 1. The third-order valence-corrected chi connectivity index (χ3v) is 1.56. The SMILES string of the molecule is COCC1CCNC1.Cl. The first kappa shape index (κ1) is 9.21. The van der Waals surface area contributed by atoms with Crippen LogP contribution in [-0.2, 0) is 4.74 Å². The second-order valence-corrected chi connectivity index (χ2v) is 2.31. The van der Waals surface area contributed by atoms with Crippen LogP contribution in [-0.4, -0.2) is 26.8 Å². The van der Waals surface area contributed by atoms with Crippen molar-refractivity contribution in [3.05, 3.63) is 0 Å². The van der Waals surface area contributed by atoms with Crippen LogP contribution in [0.4, 0.5) is 0 Å². The Morgan fingerprint density at radius 2 is 2.44 bits per heavy atom. The van der Waals surface area contributed by atoms with Gasteiger partial charge in [-0.3, -0.25) is 0 Å². The molecule has 1 aliphatic heterocycles. The van der Waals surface area contributed by atoms with Crippen molar-refractivity contribution in [1.82, 2.24) is 5.32 Å². The first-order chi connectivity index (χ1) is 3.93. The first-order valence-corrected chi connectivity index (χ1v) is 3.13. The summed E-state index contributed by atoms with van der Waals surface area (Å²) < 4.78 is 4.99. The average molecular weight is 152 g/mol. The standard InChI is InChI=1S/C6H13NO.ClH/c1-8-5-6-2-3-7-4-6;/h6-7H,2-5H2,1H3;1H. The monoisotopic (exact) mass is 151 g/mol. The number of ether oxygens (including phenoxy) is 1. The van der Waals surface area contributed by atoms with Crippen LogP contribution in [0.3, 0.4) is 0 Å². The molecule has 3 heteroatoms. The van der Waals surface area contributed by atoms with Crippen LogP contribution < -0.4 is 5.32 Å². The predicted molar refractivity (Wildman–Crippen MR) is 40.1 cm³/mol. The topological polar surface area (TPSA) is 21.3 Å². The lowest BCUT2D eigenvalue weighted by Gasteiger charge is -2.03. The highest BCUT2D eigenvalue weighted by molar-refractivity contribution is 5.85. The van der Waals surface area contributed by atoms with Crippen molar-refractivity contribution in [2.45, 2.75) is 6.42 Å². The lowest BCUT2D eigenvalue weighted by molar-refractivity contribution is 0.160. The molecule has 1 fully saturated rings. The van der Waals surface area contributed by atoms with Crippen LogP contribution in [0.15, 0.2) is 0 Å². The van der Waals surface area contributed by atoms with Crippen LogP contribution in [0, 0.1) is 5.92 Å². The van der Waals surface area contributed by atoms with E-state index in [4.69, 9.17) is 4.74 Å². The van der Waals surface area contributed by atoms with Gasteiger partial charge in [0.25, 0.3) is 0 Å². The molecule has 1 rings (SSSR count). The van der Waals surface area contributed by atoms with Gasteiger partial charge in [0.05, 0.1) is 6.61 Å². The van der Waals surface area contributed by atoms with Gasteiger partial charge in [0.1, 0.15) is 0 Å². The minimum absolute atomic E-state index is 0. The quantitative estimate of drug-likeness (QED) is 0.627. The van der Waals surface area contributed by atoms with Crippen molar-refractivity contribution in [2.24, 2.45) is 5.92 Å². The number of hydrogen-bond acceptors (Lipinski definition) is 2. The fraction of sp³-hybridized carbons (Fsp3) is 1.00. The molecule has 56 valence electrons. The molecule has 0 aromatic heterocycles. The highest BCUT2D eigenvalue weighted by Gasteiger charge is 2.12. The van der Waals surface area contributed by atoms with Crippen LogP contribution in [0.2, 0.25) is 0 Å². The van der Waals surface area contributed by atoms with Crippen molar-refractivity contribution >= 4 is 12.4 Å². The van der Waals surface area contributed by atoms with Gasteiger partial charge >= 0.3 is 0 Å². The van der Waals surface area contributed by atoms with E-state index >= 15 is 0 Å². The average Bonchev–Trinajstić information content (AvgIpc) is 2.19. The van der Waals surface area contributed by atoms with E-state index in [-0.39, 0.29) is 12.4 Å². The normalized spacial score (nSPS) is 25.7. The lowest BCUT2D eigenvalue weighted by atomic mass is 10.1. The van der Waals surface area contributed by atoms with E-state index in [1.165, 1.54) is 13.0 Å². The number of halogens is 1. The maximum Gasteiger partial charge on any atom is 0.0503 e. The summed E-state index contributed by atoms with van der Waals surface area (Å²) in [7, 11) is 1.76. The fourth-order valence-electron chi connectivity index (χ4n) is 1.09. The van der Waals surface area contributed by atoms with Gasteiger partial charge in [-0.25, -0.2) is 0 Å². The van der Waals surface area contributed by atoms with Crippen molar-refractivity contribution in [3.63, 3.8) is 0 Å². The minimum atomic E-state index is 0. The molecule has 2 nitrogen and oxygen atoms in total. The van der Waals surface area contributed by atoms with E-state index in [0.29, 0.717) is 0 Å². The Kier molecular flexibility index (Phi) is 5.15. The molecule has 1 unspecified atom stereocenters. The molecule has 0 aromatic carbocycles. The molecule has 0 radical (unpaired) electrons. The third kappa shape index (κ3) is 3.04.